The molecular formula is C18H27ClN6O4. The van der Waals surface area contributed by atoms with Crippen LogP contribution < -0.4 is 15.2 Å². The molecule has 11 heteroatoms. The molecular weight excluding hydrogens is 400 g/mol. The molecule has 10 nitrogen and oxygen atoms in total. The molecule has 160 valence electrons. The van der Waals surface area contributed by atoms with Gasteiger partial charge < -0.3 is 24.8 Å². The first-order valence-electron chi connectivity index (χ1n) is 9.12. The maximum atomic E-state index is 12.8. The summed E-state index contributed by atoms with van der Waals surface area (Å²) in [6, 6.07) is 4.78. The quantitative estimate of drug-likeness (QED) is 0.691. The van der Waals surface area contributed by atoms with E-state index in [9.17, 15) is 4.79 Å². The lowest BCUT2D eigenvalue weighted by Gasteiger charge is -2.29. The number of nitrogens with two attached hydrogens (primary N) is 1. The third-order valence-electron chi connectivity index (χ3n) is 4.93. The lowest BCUT2D eigenvalue weighted by atomic mass is 9.91. The minimum atomic E-state index is -0.560. The molecule has 2 N–H and O–H groups in total. The summed E-state index contributed by atoms with van der Waals surface area (Å²) in [6.45, 7) is 1.51. The van der Waals surface area contributed by atoms with Gasteiger partial charge in [-0.05, 0) is 29.2 Å². The van der Waals surface area contributed by atoms with Gasteiger partial charge in [-0.15, -0.1) is 17.5 Å². The van der Waals surface area contributed by atoms with Crippen LogP contribution >= 0.6 is 12.4 Å². The van der Waals surface area contributed by atoms with Gasteiger partial charge in [-0.25, -0.2) is 0 Å². The second-order valence-electron chi connectivity index (χ2n) is 6.75. The number of aromatic nitrogens is 4. The van der Waals surface area contributed by atoms with Crippen molar-refractivity contribution in [2.45, 2.75) is 25.4 Å². The Bertz CT molecular complexity index is 789. The van der Waals surface area contributed by atoms with Crippen LogP contribution in [0.2, 0.25) is 0 Å². The standard InChI is InChI=1S/C18H26N6O4.ClH/c1-23(18(25)17(19)12-4-6-28-7-5-12)11-16-20-21-22-24(16)13-8-14(26-2)10-15(9-13)27-3;/h8-10,12,17H,4-7,11,19H2,1-3H3;1H. The van der Waals surface area contributed by atoms with E-state index in [4.69, 9.17) is 19.9 Å². The molecule has 2 aromatic rings. The van der Waals surface area contributed by atoms with Gasteiger partial charge in [0.1, 0.15) is 11.5 Å². The number of methoxy groups -OCH3 is 2. The van der Waals surface area contributed by atoms with Crippen molar-refractivity contribution in [2.24, 2.45) is 11.7 Å². The Kier molecular flexibility index (Phi) is 8.18. The maximum absolute atomic E-state index is 12.8. The Hall–Kier alpha value is -2.43. The molecule has 1 amide bonds. The Morgan fingerprint density at radius 2 is 1.90 bits per heavy atom. The van der Waals surface area contributed by atoms with Crippen molar-refractivity contribution < 1.29 is 19.0 Å². The summed E-state index contributed by atoms with van der Waals surface area (Å²) in [5.74, 6) is 1.72. The Morgan fingerprint density at radius 1 is 1.28 bits per heavy atom. The molecule has 0 bridgehead atoms. The van der Waals surface area contributed by atoms with Crippen LogP contribution in [-0.2, 0) is 16.1 Å². The number of rotatable bonds is 7. The van der Waals surface area contributed by atoms with Crippen LogP contribution in [0.3, 0.4) is 0 Å². The summed E-state index contributed by atoms with van der Waals surface area (Å²) in [6.07, 6.45) is 1.59. The first-order chi connectivity index (χ1) is 13.5. The van der Waals surface area contributed by atoms with Crippen molar-refractivity contribution in [3.05, 3.63) is 24.0 Å². The molecule has 1 unspecified atom stereocenters. The van der Waals surface area contributed by atoms with E-state index in [1.807, 2.05) is 0 Å². The number of tetrazole rings is 1. The number of nitrogens with zero attached hydrogens (tertiary/aromatic N) is 5. The first-order valence-corrected chi connectivity index (χ1v) is 9.12. The van der Waals surface area contributed by atoms with E-state index in [-0.39, 0.29) is 30.8 Å². The van der Waals surface area contributed by atoms with Gasteiger partial charge in [0.2, 0.25) is 5.91 Å². The van der Waals surface area contributed by atoms with Crippen LogP contribution in [0.15, 0.2) is 18.2 Å². The van der Waals surface area contributed by atoms with Crippen molar-refractivity contribution in [1.29, 1.82) is 0 Å². The molecule has 1 aromatic carbocycles. The fraction of sp³-hybridized carbons (Fsp3) is 0.556. The van der Waals surface area contributed by atoms with Gasteiger partial charge in [0.05, 0.1) is 32.5 Å². The van der Waals surface area contributed by atoms with Gasteiger partial charge in [-0.1, -0.05) is 0 Å². The molecule has 29 heavy (non-hydrogen) atoms. The second-order valence-corrected chi connectivity index (χ2v) is 6.75. The van der Waals surface area contributed by atoms with Gasteiger partial charge >= 0.3 is 0 Å². The Morgan fingerprint density at radius 3 is 2.48 bits per heavy atom. The van der Waals surface area contributed by atoms with Crippen LogP contribution in [-0.4, -0.2) is 71.5 Å². The number of halogens is 1. The van der Waals surface area contributed by atoms with Crippen LogP contribution in [0.4, 0.5) is 0 Å². The average molecular weight is 427 g/mol. The summed E-state index contributed by atoms with van der Waals surface area (Å²) in [5.41, 5.74) is 6.88. The summed E-state index contributed by atoms with van der Waals surface area (Å²) in [5, 5.41) is 11.9. The fourth-order valence-corrected chi connectivity index (χ4v) is 3.24. The number of hydrogen-bond acceptors (Lipinski definition) is 8. The highest BCUT2D eigenvalue weighted by Gasteiger charge is 2.29. The third-order valence-corrected chi connectivity index (χ3v) is 4.93. The summed E-state index contributed by atoms with van der Waals surface area (Å²) in [4.78, 5) is 14.3. The van der Waals surface area contributed by atoms with Crippen molar-refractivity contribution >= 4 is 18.3 Å². The monoisotopic (exact) mass is 426 g/mol. The molecule has 0 saturated carbocycles. The molecule has 1 saturated heterocycles. The highest BCUT2D eigenvalue weighted by Crippen LogP contribution is 2.25. The molecule has 3 rings (SSSR count). The highest BCUT2D eigenvalue weighted by molar-refractivity contribution is 5.85. The van der Waals surface area contributed by atoms with Crippen molar-refractivity contribution in [2.75, 3.05) is 34.5 Å². The lowest BCUT2D eigenvalue weighted by molar-refractivity contribution is -0.134. The smallest absolute Gasteiger partial charge is 0.239 e. The van der Waals surface area contributed by atoms with Crippen LogP contribution in [0.25, 0.3) is 5.69 Å². The Labute approximate surface area is 175 Å². The third kappa shape index (κ3) is 5.34. The minimum absolute atomic E-state index is 0. The SMILES string of the molecule is COc1cc(OC)cc(-n2nnnc2CN(C)C(=O)C(N)C2CCOCC2)c1.Cl. The highest BCUT2D eigenvalue weighted by atomic mass is 35.5. The van der Waals surface area contributed by atoms with Gasteiger partial charge in [0.25, 0.3) is 0 Å². The number of ether oxygens (including phenoxy) is 3. The molecule has 0 aliphatic carbocycles. The van der Waals surface area contributed by atoms with Gasteiger partial charge in [0.15, 0.2) is 5.82 Å². The lowest BCUT2D eigenvalue weighted by Crippen LogP contribution is -2.47. The van der Waals surface area contributed by atoms with E-state index >= 15 is 0 Å². The summed E-state index contributed by atoms with van der Waals surface area (Å²) < 4.78 is 17.5. The van der Waals surface area contributed by atoms with Crippen LogP contribution in [0.5, 0.6) is 11.5 Å². The van der Waals surface area contributed by atoms with E-state index in [0.29, 0.717) is 36.2 Å². The average Bonchev–Trinajstić information content (AvgIpc) is 3.20. The molecule has 2 heterocycles. The molecule has 1 fully saturated rings. The van der Waals surface area contributed by atoms with Crippen molar-refractivity contribution in [3.63, 3.8) is 0 Å². The number of carbonyl (C=O) groups excluding carboxylic acids is 1. The molecule has 0 radical (unpaired) electrons. The normalized spacial score (nSPS) is 15.3. The topological polar surface area (TPSA) is 118 Å². The molecule has 1 aliphatic heterocycles. The summed E-state index contributed by atoms with van der Waals surface area (Å²) >= 11 is 0. The number of hydrogen-bond donors (Lipinski definition) is 1. The maximum Gasteiger partial charge on any atom is 0.239 e. The van der Waals surface area contributed by atoms with E-state index in [1.54, 1.807) is 49.0 Å². The van der Waals surface area contributed by atoms with Crippen LogP contribution in [0.1, 0.15) is 18.7 Å². The van der Waals surface area contributed by atoms with Gasteiger partial charge in [-0.2, -0.15) is 4.68 Å². The van der Waals surface area contributed by atoms with Crippen molar-refractivity contribution in [1.82, 2.24) is 25.1 Å². The van der Waals surface area contributed by atoms with Gasteiger partial charge in [-0.3, -0.25) is 4.79 Å². The van der Waals surface area contributed by atoms with Gasteiger partial charge in [0, 0.05) is 38.5 Å². The van der Waals surface area contributed by atoms with E-state index in [2.05, 4.69) is 15.5 Å². The molecule has 1 aliphatic rings. The van der Waals surface area contributed by atoms with E-state index in [0.717, 1.165) is 12.8 Å². The molecule has 1 atom stereocenters. The zero-order valence-electron chi connectivity index (χ0n) is 16.8. The number of amides is 1. The zero-order chi connectivity index (χ0) is 20.1. The number of likely N-dealkylation sites (N-methyl/N-ethyl adjacent to an activating group) is 1. The summed E-state index contributed by atoms with van der Waals surface area (Å²) in [7, 11) is 4.85. The largest absolute Gasteiger partial charge is 0.497 e. The zero-order valence-corrected chi connectivity index (χ0v) is 17.6. The fourth-order valence-electron chi connectivity index (χ4n) is 3.24. The second kappa shape index (κ2) is 10.4. The molecule has 0 spiro atoms. The first kappa shape index (κ1) is 22.9. The van der Waals surface area contributed by atoms with Crippen molar-refractivity contribution in [3.8, 4) is 17.2 Å². The van der Waals surface area contributed by atoms with Crippen LogP contribution in [0, 0.1) is 5.92 Å². The minimum Gasteiger partial charge on any atom is -0.497 e. The Balaban J connectivity index is 0.00000300. The van der Waals surface area contributed by atoms with E-state index < -0.39 is 6.04 Å². The molecule has 1 aromatic heterocycles. The number of benzene rings is 1. The number of carbonyl (C=O) groups is 1. The van der Waals surface area contributed by atoms with E-state index in [1.165, 1.54) is 0 Å². The predicted octanol–water partition coefficient (Wildman–Crippen LogP) is 0.814. The predicted molar refractivity (Wildman–Crippen MR) is 107 cm³/mol.